The minimum absolute atomic E-state index is 0.129. The van der Waals surface area contributed by atoms with Crippen LogP contribution in [-0.2, 0) is 6.42 Å². The lowest BCUT2D eigenvalue weighted by Crippen LogP contribution is -2.11. The molecule has 108 valence electrons. The predicted octanol–water partition coefficient (Wildman–Crippen LogP) is 1.93. The van der Waals surface area contributed by atoms with Gasteiger partial charge < -0.3 is 15.2 Å². The van der Waals surface area contributed by atoms with Gasteiger partial charge in [0.05, 0.1) is 31.9 Å². The molecule has 0 saturated heterocycles. The van der Waals surface area contributed by atoms with Gasteiger partial charge in [-0.3, -0.25) is 0 Å². The maximum atomic E-state index is 9.44. The van der Waals surface area contributed by atoms with Crippen molar-refractivity contribution in [1.82, 2.24) is 9.97 Å². The minimum atomic E-state index is -0.502. The molecule has 6 heteroatoms. The van der Waals surface area contributed by atoms with Crippen LogP contribution >= 0.6 is 0 Å². The van der Waals surface area contributed by atoms with Gasteiger partial charge in [0.25, 0.3) is 0 Å². The van der Waals surface area contributed by atoms with Crippen LogP contribution in [-0.4, -0.2) is 24.2 Å². The van der Waals surface area contributed by atoms with Crippen LogP contribution in [0.1, 0.15) is 17.2 Å². The molecule has 21 heavy (non-hydrogen) atoms. The molecule has 0 spiro atoms. The number of hydrogen-bond acceptors (Lipinski definition) is 6. The van der Waals surface area contributed by atoms with E-state index >= 15 is 0 Å². The third kappa shape index (κ3) is 3.20. The summed E-state index contributed by atoms with van der Waals surface area (Å²) in [7, 11) is 2.91. The number of nitrogens with zero attached hydrogens (tertiary/aromatic N) is 3. The van der Waals surface area contributed by atoms with Crippen molar-refractivity contribution in [2.75, 3.05) is 20.0 Å². The first-order valence-corrected chi connectivity index (χ1v) is 6.38. The Bertz CT molecular complexity index is 653. The highest BCUT2D eigenvalue weighted by molar-refractivity contribution is 5.55. The lowest BCUT2D eigenvalue weighted by Gasteiger charge is -2.14. The molecule has 2 rings (SSSR count). The number of anilines is 1. The third-order valence-corrected chi connectivity index (χ3v) is 3.06. The van der Waals surface area contributed by atoms with Crippen LogP contribution in [0.3, 0.4) is 0 Å². The molecule has 0 aliphatic carbocycles. The fourth-order valence-electron chi connectivity index (χ4n) is 2.01. The summed E-state index contributed by atoms with van der Waals surface area (Å²) in [6, 6.07) is 12.0. The maximum Gasteiger partial charge on any atom is 0.319 e. The standard InChI is InChI=1S/C15H16N4O2/c1-20-14-12(17)13(18-15(19-14)21-2)11(9-16)8-10-6-4-3-5-7-10/h3-7,11H,8,17H2,1-2H3. The number of nitriles is 1. The zero-order chi connectivity index (χ0) is 15.2. The second-order valence-electron chi connectivity index (χ2n) is 4.39. The van der Waals surface area contributed by atoms with Crippen molar-refractivity contribution >= 4 is 5.69 Å². The minimum Gasteiger partial charge on any atom is -0.479 e. The molecule has 2 aromatic rings. The molecule has 0 aliphatic rings. The normalized spacial score (nSPS) is 11.5. The highest BCUT2D eigenvalue weighted by Crippen LogP contribution is 2.31. The molecule has 1 unspecified atom stereocenters. The van der Waals surface area contributed by atoms with Crippen molar-refractivity contribution in [3.63, 3.8) is 0 Å². The molecule has 1 atom stereocenters. The molecule has 1 aromatic heterocycles. The molecule has 0 aliphatic heterocycles. The summed E-state index contributed by atoms with van der Waals surface area (Å²) in [5.41, 5.74) is 7.70. The molecule has 6 nitrogen and oxygen atoms in total. The molecular formula is C15H16N4O2. The van der Waals surface area contributed by atoms with Gasteiger partial charge in [0, 0.05) is 0 Å². The fourth-order valence-corrected chi connectivity index (χ4v) is 2.01. The van der Waals surface area contributed by atoms with E-state index in [1.54, 1.807) is 0 Å². The quantitative estimate of drug-likeness (QED) is 0.901. The largest absolute Gasteiger partial charge is 0.479 e. The highest BCUT2D eigenvalue weighted by Gasteiger charge is 2.21. The molecule has 0 bridgehead atoms. The number of nitrogens with two attached hydrogens (primary N) is 1. The van der Waals surface area contributed by atoms with E-state index in [-0.39, 0.29) is 17.6 Å². The number of hydrogen-bond donors (Lipinski definition) is 1. The van der Waals surface area contributed by atoms with Crippen LogP contribution in [0.15, 0.2) is 30.3 Å². The fraction of sp³-hybridized carbons (Fsp3) is 0.267. The van der Waals surface area contributed by atoms with Gasteiger partial charge in [0.1, 0.15) is 5.69 Å². The Morgan fingerprint density at radius 3 is 2.48 bits per heavy atom. The van der Waals surface area contributed by atoms with E-state index in [1.807, 2.05) is 30.3 Å². The summed E-state index contributed by atoms with van der Waals surface area (Å²) in [6.07, 6.45) is 0.505. The number of aromatic nitrogens is 2. The molecular weight excluding hydrogens is 268 g/mol. The Morgan fingerprint density at radius 2 is 1.90 bits per heavy atom. The number of benzene rings is 1. The average Bonchev–Trinajstić information content (AvgIpc) is 2.54. The number of nitrogen functional groups attached to an aromatic ring is 1. The monoisotopic (exact) mass is 284 g/mol. The molecule has 1 heterocycles. The Kier molecular flexibility index (Phi) is 4.57. The summed E-state index contributed by atoms with van der Waals surface area (Å²) in [5, 5.41) is 9.44. The summed E-state index contributed by atoms with van der Waals surface area (Å²) in [6.45, 7) is 0. The molecule has 0 saturated carbocycles. The Morgan fingerprint density at radius 1 is 1.19 bits per heavy atom. The van der Waals surface area contributed by atoms with Gasteiger partial charge in [-0.2, -0.15) is 15.2 Å². The molecule has 0 radical (unpaired) electrons. The molecule has 1 aromatic carbocycles. The highest BCUT2D eigenvalue weighted by atomic mass is 16.5. The number of ether oxygens (including phenoxy) is 2. The van der Waals surface area contributed by atoms with Crippen molar-refractivity contribution in [3.8, 4) is 18.0 Å². The lowest BCUT2D eigenvalue weighted by atomic mass is 9.96. The molecule has 2 N–H and O–H groups in total. The van der Waals surface area contributed by atoms with Crippen molar-refractivity contribution in [3.05, 3.63) is 41.6 Å². The van der Waals surface area contributed by atoms with Gasteiger partial charge in [-0.1, -0.05) is 30.3 Å². The summed E-state index contributed by atoms with van der Waals surface area (Å²) in [4.78, 5) is 8.21. The number of methoxy groups -OCH3 is 2. The average molecular weight is 284 g/mol. The Labute approximate surface area is 123 Å². The van der Waals surface area contributed by atoms with Gasteiger partial charge in [-0.25, -0.2) is 0 Å². The molecule has 0 fully saturated rings. The van der Waals surface area contributed by atoms with E-state index in [0.717, 1.165) is 5.56 Å². The van der Waals surface area contributed by atoms with E-state index in [1.165, 1.54) is 14.2 Å². The van der Waals surface area contributed by atoms with E-state index in [2.05, 4.69) is 16.0 Å². The Balaban J connectivity index is 2.40. The van der Waals surface area contributed by atoms with Gasteiger partial charge in [0.2, 0.25) is 5.88 Å². The SMILES string of the molecule is COc1nc(OC)c(N)c(C(C#N)Cc2ccccc2)n1. The first-order chi connectivity index (χ1) is 10.2. The third-order valence-electron chi connectivity index (χ3n) is 3.06. The van der Waals surface area contributed by atoms with Crippen LogP contribution < -0.4 is 15.2 Å². The van der Waals surface area contributed by atoms with Crippen LogP contribution in [0, 0.1) is 11.3 Å². The van der Waals surface area contributed by atoms with Gasteiger partial charge in [0.15, 0.2) is 0 Å². The first kappa shape index (κ1) is 14.6. The van der Waals surface area contributed by atoms with Crippen molar-refractivity contribution in [2.45, 2.75) is 12.3 Å². The zero-order valence-corrected chi connectivity index (χ0v) is 11.9. The maximum absolute atomic E-state index is 9.44. The number of rotatable bonds is 5. The van der Waals surface area contributed by atoms with E-state index in [0.29, 0.717) is 12.1 Å². The van der Waals surface area contributed by atoms with E-state index < -0.39 is 5.92 Å². The first-order valence-electron chi connectivity index (χ1n) is 6.38. The topological polar surface area (TPSA) is 94.0 Å². The predicted molar refractivity (Wildman–Crippen MR) is 78.0 cm³/mol. The van der Waals surface area contributed by atoms with Gasteiger partial charge in [-0.05, 0) is 12.0 Å². The second kappa shape index (κ2) is 6.57. The van der Waals surface area contributed by atoms with Crippen LogP contribution in [0.5, 0.6) is 11.9 Å². The van der Waals surface area contributed by atoms with Crippen LogP contribution in [0.2, 0.25) is 0 Å². The van der Waals surface area contributed by atoms with Gasteiger partial charge >= 0.3 is 6.01 Å². The van der Waals surface area contributed by atoms with Gasteiger partial charge in [-0.15, -0.1) is 0 Å². The van der Waals surface area contributed by atoms with Crippen molar-refractivity contribution in [1.29, 1.82) is 5.26 Å². The summed E-state index contributed by atoms with van der Waals surface area (Å²) in [5.74, 6) is -0.289. The molecule has 0 amide bonds. The van der Waals surface area contributed by atoms with Crippen LogP contribution in [0.25, 0.3) is 0 Å². The van der Waals surface area contributed by atoms with E-state index in [9.17, 15) is 5.26 Å². The smallest absolute Gasteiger partial charge is 0.319 e. The van der Waals surface area contributed by atoms with Crippen molar-refractivity contribution < 1.29 is 9.47 Å². The summed E-state index contributed by atoms with van der Waals surface area (Å²) < 4.78 is 10.1. The zero-order valence-electron chi connectivity index (χ0n) is 11.9. The van der Waals surface area contributed by atoms with E-state index in [4.69, 9.17) is 15.2 Å². The lowest BCUT2D eigenvalue weighted by molar-refractivity contribution is 0.351. The summed E-state index contributed by atoms with van der Waals surface area (Å²) >= 11 is 0. The second-order valence-corrected chi connectivity index (χ2v) is 4.39. The Hall–Kier alpha value is -2.81. The van der Waals surface area contributed by atoms with Crippen molar-refractivity contribution in [2.24, 2.45) is 0 Å². The van der Waals surface area contributed by atoms with Crippen LogP contribution in [0.4, 0.5) is 5.69 Å².